The number of hydrogen-bond donors (Lipinski definition) is 1. The Kier molecular flexibility index (Phi) is 7.25. The molecule has 6 nitrogen and oxygen atoms in total. The van der Waals surface area contributed by atoms with Gasteiger partial charge in [0.2, 0.25) is 5.91 Å². The lowest BCUT2D eigenvalue weighted by atomic mass is 10.2. The summed E-state index contributed by atoms with van der Waals surface area (Å²) in [7, 11) is 1.60. The number of carbonyl (C=O) groups excluding carboxylic acids is 1. The minimum atomic E-state index is -0.153. The summed E-state index contributed by atoms with van der Waals surface area (Å²) in [6.45, 7) is 4.32. The monoisotopic (exact) mass is 383 g/mol. The predicted octanol–water partition coefficient (Wildman–Crippen LogP) is 3.87. The zero-order chi connectivity index (χ0) is 19.8. The highest BCUT2D eigenvalue weighted by Crippen LogP contribution is 2.31. The van der Waals surface area contributed by atoms with Gasteiger partial charge in [-0.25, -0.2) is 0 Å². The summed E-state index contributed by atoms with van der Waals surface area (Å²) in [6, 6.07) is 9.13. The highest BCUT2D eigenvalue weighted by Gasteiger charge is 2.22. The van der Waals surface area contributed by atoms with E-state index in [1.165, 1.54) is 12.8 Å². The van der Waals surface area contributed by atoms with Crippen molar-refractivity contribution in [1.29, 1.82) is 0 Å². The maximum atomic E-state index is 12.7. The van der Waals surface area contributed by atoms with Crippen LogP contribution in [0.15, 0.2) is 42.7 Å². The Labute approximate surface area is 166 Å². The molecule has 1 N–H and O–H groups in total. The SMILES string of the molecule is COc1ccc(NC(=O)C(C)N2CCCCCC2)cc1OCc1cccnc1. The Bertz CT molecular complexity index is 759. The van der Waals surface area contributed by atoms with Crippen LogP contribution in [-0.2, 0) is 11.4 Å². The molecule has 1 aromatic heterocycles. The van der Waals surface area contributed by atoms with Gasteiger partial charge in [-0.2, -0.15) is 0 Å². The van der Waals surface area contributed by atoms with Crippen molar-refractivity contribution in [2.45, 2.75) is 45.3 Å². The van der Waals surface area contributed by atoms with Crippen molar-refractivity contribution < 1.29 is 14.3 Å². The fraction of sp³-hybridized carbons (Fsp3) is 0.455. The van der Waals surface area contributed by atoms with Crippen LogP contribution in [0.4, 0.5) is 5.69 Å². The maximum absolute atomic E-state index is 12.7. The third kappa shape index (κ3) is 5.45. The van der Waals surface area contributed by atoms with Gasteiger partial charge in [-0.15, -0.1) is 0 Å². The average molecular weight is 383 g/mol. The number of hydrogen-bond acceptors (Lipinski definition) is 5. The average Bonchev–Trinajstić information content (AvgIpc) is 3.02. The molecule has 1 aromatic carbocycles. The van der Waals surface area contributed by atoms with Crippen LogP contribution >= 0.6 is 0 Å². The van der Waals surface area contributed by atoms with Crippen molar-refractivity contribution in [3.63, 3.8) is 0 Å². The van der Waals surface area contributed by atoms with Gasteiger partial charge in [-0.1, -0.05) is 18.9 Å². The van der Waals surface area contributed by atoms with E-state index in [2.05, 4.69) is 15.2 Å². The summed E-state index contributed by atoms with van der Waals surface area (Å²) < 4.78 is 11.3. The molecule has 1 aliphatic rings. The van der Waals surface area contributed by atoms with E-state index in [0.717, 1.165) is 31.5 Å². The third-order valence-electron chi connectivity index (χ3n) is 5.12. The number of anilines is 1. The molecule has 1 saturated heterocycles. The largest absolute Gasteiger partial charge is 0.493 e. The Morgan fingerprint density at radius 1 is 1.18 bits per heavy atom. The first-order valence-corrected chi connectivity index (χ1v) is 9.92. The van der Waals surface area contributed by atoms with Crippen molar-refractivity contribution in [2.75, 3.05) is 25.5 Å². The molecular formula is C22H29N3O3. The van der Waals surface area contributed by atoms with Crippen molar-refractivity contribution in [1.82, 2.24) is 9.88 Å². The van der Waals surface area contributed by atoms with E-state index >= 15 is 0 Å². The molecule has 1 fully saturated rings. The Morgan fingerprint density at radius 2 is 1.96 bits per heavy atom. The van der Waals surface area contributed by atoms with E-state index in [1.807, 2.05) is 37.3 Å². The van der Waals surface area contributed by atoms with Crippen LogP contribution in [0.5, 0.6) is 11.5 Å². The maximum Gasteiger partial charge on any atom is 0.241 e. The summed E-state index contributed by atoms with van der Waals surface area (Å²) in [5.41, 5.74) is 1.67. The number of pyridine rings is 1. The van der Waals surface area contributed by atoms with E-state index in [-0.39, 0.29) is 11.9 Å². The number of likely N-dealkylation sites (tertiary alicyclic amines) is 1. The number of nitrogens with zero attached hydrogens (tertiary/aromatic N) is 2. The summed E-state index contributed by atoms with van der Waals surface area (Å²) in [5, 5.41) is 3.02. The molecule has 0 aliphatic carbocycles. The highest BCUT2D eigenvalue weighted by molar-refractivity contribution is 5.94. The molecule has 150 valence electrons. The normalized spacial score (nSPS) is 16.1. The molecule has 0 saturated carbocycles. The second kappa shape index (κ2) is 10.1. The molecule has 1 aliphatic heterocycles. The molecule has 0 bridgehead atoms. The van der Waals surface area contributed by atoms with E-state index in [4.69, 9.17) is 9.47 Å². The lowest BCUT2D eigenvalue weighted by molar-refractivity contribution is -0.120. The second-order valence-electron chi connectivity index (χ2n) is 7.13. The van der Waals surface area contributed by atoms with Crippen LogP contribution in [0.1, 0.15) is 38.2 Å². The van der Waals surface area contributed by atoms with Crippen LogP contribution in [0.3, 0.4) is 0 Å². The van der Waals surface area contributed by atoms with E-state index in [0.29, 0.717) is 23.8 Å². The predicted molar refractivity (Wildman–Crippen MR) is 110 cm³/mol. The number of ether oxygens (including phenoxy) is 2. The quantitative estimate of drug-likeness (QED) is 0.786. The second-order valence-corrected chi connectivity index (χ2v) is 7.13. The number of methoxy groups -OCH3 is 1. The van der Waals surface area contributed by atoms with Crippen molar-refractivity contribution in [2.24, 2.45) is 0 Å². The summed E-state index contributed by atoms with van der Waals surface area (Å²) >= 11 is 0. The van der Waals surface area contributed by atoms with Crippen LogP contribution in [0.2, 0.25) is 0 Å². The lowest BCUT2D eigenvalue weighted by Crippen LogP contribution is -2.42. The van der Waals surface area contributed by atoms with Gasteiger partial charge >= 0.3 is 0 Å². The minimum Gasteiger partial charge on any atom is -0.493 e. The van der Waals surface area contributed by atoms with Gasteiger partial charge in [0.1, 0.15) is 6.61 Å². The summed E-state index contributed by atoms with van der Waals surface area (Å²) in [5.74, 6) is 1.22. The Morgan fingerprint density at radius 3 is 2.64 bits per heavy atom. The molecule has 6 heteroatoms. The Balaban J connectivity index is 1.65. The zero-order valence-electron chi connectivity index (χ0n) is 16.7. The van der Waals surface area contributed by atoms with E-state index in [9.17, 15) is 4.79 Å². The summed E-state index contributed by atoms with van der Waals surface area (Å²) in [4.78, 5) is 19.1. The summed E-state index contributed by atoms with van der Waals surface area (Å²) in [6.07, 6.45) is 8.31. The molecule has 0 radical (unpaired) electrons. The standard InChI is InChI=1S/C22H29N3O3/c1-17(25-12-5-3-4-6-13-25)22(26)24-19-9-10-20(27-2)21(14-19)28-16-18-8-7-11-23-15-18/h7-11,14-15,17H,3-6,12-13,16H2,1-2H3,(H,24,26). The molecule has 2 aromatic rings. The van der Waals surface area contributed by atoms with Crippen molar-refractivity contribution >= 4 is 11.6 Å². The first-order valence-electron chi connectivity index (χ1n) is 9.92. The van der Waals surface area contributed by atoms with E-state index in [1.54, 1.807) is 19.5 Å². The molecule has 1 amide bonds. The van der Waals surface area contributed by atoms with Gasteiger partial charge in [0, 0.05) is 29.7 Å². The van der Waals surface area contributed by atoms with Crippen LogP contribution in [0.25, 0.3) is 0 Å². The van der Waals surface area contributed by atoms with Gasteiger partial charge < -0.3 is 14.8 Å². The topological polar surface area (TPSA) is 63.7 Å². The minimum absolute atomic E-state index is 0.00489. The molecule has 3 rings (SSSR count). The number of nitrogens with one attached hydrogen (secondary N) is 1. The van der Waals surface area contributed by atoms with Crippen molar-refractivity contribution in [3.05, 3.63) is 48.3 Å². The van der Waals surface area contributed by atoms with Crippen LogP contribution in [-0.4, -0.2) is 42.0 Å². The van der Waals surface area contributed by atoms with Crippen LogP contribution in [0, 0.1) is 0 Å². The number of aromatic nitrogens is 1. The third-order valence-corrected chi connectivity index (χ3v) is 5.12. The highest BCUT2D eigenvalue weighted by atomic mass is 16.5. The number of benzene rings is 1. The zero-order valence-corrected chi connectivity index (χ0v) is 16.7. The fourth-order valence-electron chi connectivity index (χ4n) is 3.41. The molecular weight excluding hydrogens is 354 g/mol. The molecule has 1 atom stereocenters. The number of carbonyl (C=O) groups is 1. The fourth-order valence-corrected chi connectivity index (χ4v) is 3.41. The van der Waals surface area contributed by atoms with Gasteiger partial charge in [-0.05, 0) is 51.1 Å². The molecule has 28 heavy (non-hydrogen) atoms. The number of rotatable bonds is 7. The molecule has 2 heterocycles. The van der Waals surface area contributed by atoms with Gasteiger partial charge in [0.25, 0.3) is 0 Å². The first kappa shape index (κ1) is 20.1. The Hall–Kier alpha value is -2.60. The smallest absolute Gasteiger partial charge is 0.241 e. The molecule has 1 unspecified atom stereocenters. The lowest BCUT2D eigenvalue weighted by Gasteiger charge is -2.26. The van der Waals surface area contributed by atoms with Gasteiger partial charge in [0.05, 0.1) is 13.2 Å². The van der Waals surface area contributed by atoms with Crippen molar-refractivity contribution in [3.8, 4) is 11.5 Å². The van der Waals surface area contributed by atoms with E-state index < -0.39 is 0 Å². The van der Waals surface area contributed by atoms with Crippen LogP contribution < -0.4 is 14.8 Å². The molecule has 0 spiro atoms. The van der Waals surface area contributed by atoms with Gasteiger partial charge in [0.15, 0.2) is 11.5 Å². The number of amides is 1. The first-order chi connectivity index (χ1) is 13.7. The van der Waals surface area contributed by atoms with Gasteiger partial charge in [-0.3, -0.25) is 14.7 Å².